The quantitative estimate of drug-likeness (QED) is 0.113. The molecule has 0 spiro atoms. The number of rotatable bonds is 12. The van der Waals surface area contributed by atoms with Crippen LogP contribution in [0, 0.1) is 10.8 Å². The molecule has 2 N–H and O–H groups in total. The number of esters is 2. The van der Waals surface area contributed by atoms with Gasteiger partial charge in [-0.2, -0.15) is 5.10 Å². The average Bonchev–Trinajstić information content (AvgIpc) is 3.43. The standard InChI is InChI=1S/C27H42N5O11P/c1-25(2,3)23(34)38-15-41-44(37,42-16-39-24(35)26(4,5)6)40-12-19-20(33)27(7,36)21(43-19)17-10-11-18-22(29-14-31(8)9)28-13-30-32(17)18/h10-11,13-14,19-21,33,36H,12,15-16H2,1-9H3/b29-14+/t19-,20-,21+,27-/m1/s1. The van der Waals surface area contributed by atoms with Gasteiger partial charge in [-0.15, -0.1) is 0 Å². The van der Waals surface area contributed by atoms with Gasteiger partial charge in [-0.05, 0) is 60.6 Å². The van der Waals surface area contributed by atoms with E-state index >= 15 is 0 Å². The molecule has 17 heteroatoms. The summed E-state index contributed by atoms with van der Waals surface area (Å²) in [5.74, 6) is -0.918. The lowest BCUT2D eigenvalue weighted by Crippen LogP contribution is -2.43. The maximum absolute atomic E-state index is 13.4. The van der Waals surface area contributed by atoms with Gasteiger partial charge < -0.3 is 29.3 Å². The predicted octanol–water partition coefficient (Wildman–Crippen LogP) is 2.75. The molecule has 1 aliphatic heterocycles. The smallest absolute Gasteiger partial charge is 0.437 e. The first-order chi connectivity index (χ1) is 20.3. The van der Waals surface area contributed by atoms with Gasteiger partial charge in [0.05, 0.1) is 29.5 Å². The third-order valence-corrected chi connectivity index (χ3v) is 7.67. The topological polar surface area (TPSA) is 193 Å². The molecule has 0 aromatic carbocycles. The molecule has 1 fully saturated rings. The first kappa shape index (κ1) is 35.5. The maximum atomic E-state index is 13.4. The highest BCUT2D eigenvalue weighted by atomic mass is 31.2. The van der Waals surface area contributed by atoms with Crippen LogP contribution in [0.1, 0.15) is 60.3 Å². The summed E-state index contributed by atoms with van der Waals surface area (Å²) in [4.78, 5) is 34.5. The fraction of sp³-hybridized carbons (Fsp3) is 0.667. The molecule has 0 amide bonds. The Kier molecular flexibility index (Phi) is 10.9. The molecule has 0 radical (unpaired) electrons. The van der Waals surface area contributed by atoms with Gasteiger partial charge in [0.25, 0.3) is 0 Å². The Bertz CT molecular complexity index is 1360. The predicted molar refractivity (Wildman–Crippen MR) is 156 cm³/mol. The van der Waals surface area contributed by atoms with Crippen LogP contribution in [0.15, 0.2) is 23.5 Å². The summed E-state index contributed by atoms with van der Waals surface area (Å²) in [5.41, 5.74) is -2.68. The highest BCUT2D eigenvalue weighted by Gasteiger charge is 2.54. The van der Waals surface area contributed by atoms with Crippen molar-refractivity contribution in [2.24, 2.45) is 15.8 Å². The Hall–Kier alpha value is -2.98. The van der Waals surface area contributed by atoms with Crippen molar-refractivity contribution in [3.8, 4) is 0 Å². The van der Waals surface area contributed by atoms with Crippen LogP contribution in [-0.4, -0.2) is 100 Å². The van der Waals surface area contributed by atoms with Gasteiger partial charge in [0.15, 0.2) is 5.82 Å². The van der Waals surface area contributed by atoms with Gasteiger partial charge in [0.1, 0.15) is 35.8 Å². The Morgan fingerprint density at radius 2 is 1.66 bits per heavy atom. The normalized spacial score (nSPS) is 22.9. The number of hydrogen-bond donors (Lipinski definition) is 2. The summed E-state index contributed by atoms with van der Waals surface area (Å²) in [6.45, 7) is 8.88. The number of phosphoric ester groups is 1. The maximum Gasteiger partial charge on any atom is 0.480 e. The molecule has 44 heavy (non-hydrogen) atoms. The number of hydrogen-bond acceptors (Lipinski definition) is 14. The second kappa shape index (κ2) is 13.6. The van der Waals surface area contributed by atoms with Crippen molar-refractivity contribution in [1.29, 1.82) is 0 Å². The lowest BCUT2D eigenvalue weighted by atomic mass is 9.91. The summed E-state index contributed by atoms with van der Waals surface area (Å²) in [6.07, 6.45) is -1.01. The minimum atomic E-state index is -4.57. The molecule has 2 aromatic rings. The minimum Gasteiger partial charge on any atom is -0.437 e. The number of aliphatic hydroxyl groups excluding tert-OH is 1. The number of fused-ring (bicyclic) bond motifs is 1. The van der Waals surface area contributed by atoms with Crippen molar-refractivity contribution in [1.82, 2.24) is 19.5 Å². The van der Waals surface area contributed by atoms with E-state index in [4.69, 9.17) is 27.8 Å². The Balaban J connectivity index is 1.77. The SMILES string of the molecule is CN(C)/C=N/c1ncnn2c([C@@H]3O[C@H](COP(=O)(OCOC(=O)C(C)(C)C)OCOC(=O)C(C)(C)C)[C@@H](O)[C@@]3(C)O)ccc12. The summed E-state index contributed by atoms with van der Waals surface area (Å²) in [5, 5.41) is 26.5. The summed E-state index contributed by atoms with van der Waals surface area (Å²) in [6, 6.07) is 3.35. The third-order valence-electron chi connectivity index (χ3n) is 6.36. The number of nitrogens with zero attached hydrogens (tertiary/aromatic N) is 5. The van der Waals surface area contributed by atoms with Crippen molar-refractivity contribution < 1.29 is 52.1 Å². The molecule has 0 bridgehead atoms. The van der Waals surface area contributed by atoms with Crippen LogP contribution in [0.3, 0.4) is 0 Å². The van der Waals surface area contributed by atoms with E-state index in [1.165, 1.54) is 17.8 Å². The number of carbonyl (C=O) groups excluding carboxylic acids is 2. The molecular formula is C27H42N5O11P. The van der Waals surface area contributed by atoms with E-state index in [-0.39, 0.29) is 0 Å². The van der Waals surface area contributed by atoms with Crippen LogP contribution in [0.25, 0.3) is 5.52 Å². The van der Waals surface area contributed by atoms with E-state index in [0.717, 1.165) is 0 Å². The molecule has 16 nitrogen and oxygen atoms in total. The monoisotopic (exact) mass is 643 g/mol. The molecule has 246 valence electrons. The number of aliphatic hydroxyl groups is 2. The van der Waals surface area contributed by atoms with Gasteiger partial charge in [0.2, 0.25) is 13.6 Å². The van der Waals surface area contributed by atoms with Crippen LogP contribution >= 0.6 is 7.82 Å². The van der Waals surface area contributed by atoms with Gasteiger partial charge in [0, 0.05) is 14.1 Å². The van der Waals surface area contributed by atoms with Crippen LogP contribution in [-0.2, 0) is 41.9 Å². The van der Waals surface area contributed by atoms with Gasteiger partial charge >= 0.3 is 19.8 Å². The summed E-state index contributed by atoms with van der Waals surface area (Å²) in [7, 11) is -0.951. The van der Waals surface area contributed by atoms with Crippen LogP contribution in [0.2, 0.25) is 0 Å². The number of ether oxygens (including phenoxy) is 3. The van der Waals surface area contributed by atoms with Crippen LogP contribution in [0.5, 0.6) is 0 Å². The summed E-state index contributed by atoms with van der Waals surface area (Å²) < 4.78 is 46.7. The number of aliphatic imine (C=N–C) groups is 1. The zero-order valence-corrected chi connectivity index (χ0v) is 27.3. The van der Waals surface area contributed by atoms with E-state index in [1.807, 2.05) is 14.1 Å². The first-order valence-electron chi connectivity index (χ1n) is 13.7. The highest BCUT2D eigenvalue weighted by Crippen LogP contribution is 2.51. The fourth-order valence-corrected chi connectivity index (χ4v) is 4.74. The molecule has 0 aliphatic carbocycles. The van der Waals surface area contributed by atoms with Crippen molar-refractivity contribution in [2.75, 3.05) is 34.3 Å². The molecule has 3 rings (SSSR count). The molecule has 3 heterocycles. The first-order valence-corrected chi connectivity index (χ1v) is 15.2. The zero-order chi connectivity index (χ0) is 33.1. The molecule has 0 unspecified atom stereocenters. The van der Waals surface area contributed by atoms with E-state index in [1.54, 1.807) is 64.9 Å². The van der Waals surface area contributed by atoms with Gasteiger partial charge in [-0.1, -0.05) is 0 Å². The fourth-order valence-electron chi connectivity index (χ4n) is 3.83. The third kappa shape index (κ3) is 8.59. The lowest BCUT2D eigenvalue weighted by molar-refractivity contribution is -0.163. The average molecular weight is 644 g/mol. The molecule has 1 aliphatic rings. The van der Waals surface area contributed by atoms with Gasteiger partial charge in [-0.3, -0.25) is 14.1 Å². The van der Waals surface area contributed by atoms with E-state index in [9.17, 15) is 24.4 Å². The Morgan fingerprint density at radius 1 is 1.09 bits per heavy atom. The summed E-state index contributed by atoms with van der Waals surface area (Å²) >= 11 is 0. The number of carbonyl (C=O) groups is 2. The van der Waals surface area contributed by atoms with Crippen molar-refractivity contribution >= 4 is 37.4 Å². The lowest BCUT2D eigenvalue weighted by Gasteiger charge is -2.26. The Morgan fingerprint density at radius 3 is 2.18 bits per heavy atom. The van der Waals surface area contributed by atoms with Crippen molar-refractivity contribution in [3.05, 3.63) is 24.2 Å². The molecule has 1 saturated heterocycles. The second-order valence-corrected chi connectivity index (χ2v) is 14.3. The van der Waals surface area contributed by atoms with Crippen molar-refractivity contribution in [2.45, 2.75) is 72.4 Å². The van der Waals surface area contributed by atoms with E-state index in [0.29, 0.717) is 17.0 Å². The van der Waals surface area contributed by atoms with Crippen molar-refractivity contribution in [3.63, 3.8) is 0 Å². The Labute approximate surface area is 255 Å². The molecule has 2 aromatic heterocycles. The van der Waals surface area contributed by atoms with E-state index < -0.39 is 74.7 Å². The zero-order valence-electron chi connectivity index (χ0n) is 26.4. The molecular weight excluding hydrogens is 601 g/mol. The number of aromatic nitrogens is 3. The highest BCUT2D eigenvalue weighted by molar-refractivity contribution is 7.48. The van der Waals surface area contributed by atoms with Crippen LogP contribution < -0.4 is 0 Å². The van der Waals surface area contributed by atoms with Crippen LogP contribution in [0.4, 0.5) is 5.82 Å². The van der Waals surface area contributed by atoms with E-state index in [2.05, 4.69) is 15.1 Å². The van der Waals surface area contributed by atoms with Gasteiger partial charge in [-0.25, -0.2) is 28.1 Å². The second-order valence-electron chi connectivity index (χ2n) is 12.7. The molecule has 0 saturated carbocycles. The minimum absolute atomic E-state index is 0.368. The number of phosphoric acid groups is 1. The molecule has 4 atom stereocenters. The largest absolute Gasteiger partial charge is 0.480 e.